The predicted molar refractivity (Wildman–Crippen MR) is 234 cm³/mol. The van der Waals surface area contributed by atoms with Crippen LogP contribution in [0.1, 0.15) is 210 Å². The average molecular weight is 805 g/mol. The molecular weight excluding hydrogens is 729 g/mol. The first kappa shape index (κ1) is 45.3. The van der Waals surface area contributed by atoms with E-state index in [1.165, 1.54) is 112 Å². The van der Waals surface area contributed by atoms with Crippen LogP contribution in [0.25, 0.3) is 0 Å². The highest BCUT2D eigenvalue weighted by Gasteiger charge is 2.60. The summed E-state index contributed by atoms with van der Waals surface area (Å²) in [4.78, 5) is 44.7. The van der Waals surface area contributed by atoms with Crippen molar-refractivity contribution in [2.24, 2.45) is 23.2 Å². The van der Waals surface area contributed by atoms with Crippen LogP contribution in [0.4, 0.5) is 5.13 Å². The number of benzene rings is 1. The second-order valence-corrected chi connectivity index (χ2v) is 19.4. The molecule has 0 radical (unpaired) electrons. The van der Waals surface area contributed by atoms with E-state index < -0.39 is 0 Å². The Bertz CT molecular complexity index is 1540. The smallest absolute Gasteiger partial charge is 0.311 e. The Labute approximate surface area is 349 Å². The summed E-state index contributed by atoms with van der Waals surface area (Å²) < 4.78 is 12.3. The van der Waals surface area contributed by atoms with Crippen LogP contribution in [0, 0.1) is 30.1 Å². The van der Waals surface area contributed by atoms with Crippen molar-refractivity contribution in [2.45, 2.75) is 213 Å². The minimum Gasteiger partial charge on any atom is -0.462 e. The number of unbranched alkanes of at least 4 members (excludes halogenated alkanes) is 16. The van der Waals surface area contributed by atoms with E-state index in [-0.39, 0.29) is 29.4 Å². The van der Waals surface area contributed by atoms with Crippen LogP contribution in [-0.2, 0) is 25.5 Å². The molecule has 5 rings (SSSR count). The topological polar surface area (TPSA) is 94.6 Å². The molecule has 1 N–H and O–H groups in total. The number of carbonyl (C=O) groups excluding carboxylic acids is 3. The standard InChI is InChI=1S/C49H76N2O5S/c1-5-7-9-11-13-15-17-19-21-23-45(53)55-39-27-29-40-37(33-39)25-28-42-41(40)31-32-49(4)43(56-46(54)24-22-20-18-16-14-12-10-8-6-2)34-38(47(42)49)26-30-44(52)51-48-50-35-36(3)57-48/h27,29,33,35,38,41-43,47H,5-26,28,30-32,34H2,1-4H3,(H,50,51,52). The van der Waals surface area contributed by atoms with Gasteiger partial charge in [0.25, 0.3) is 0 Å². The number of rotatable bonds is 26. The number of aromatic nitrogens is 1. The highest BCUT2D eigenvalue weighted by atomic mass is 32.1. The van der Waals surface area contributed by atoms with E-state index in [0.29, 0.717) is 53.8 Å². The minimum atomic E-state index is -0.124. The number of carbonyl (C=O) groups is 3. The predicted octanol–water partition coefficient (Wildman–Crippen LogP) is 13.6. The fraction of sp³-hybridized carbons (Fsp3) is 0.755. The van der Waals surface area contributed by atoms with Crippen LogP contribution in [0.2, 0.25) is 0 Å². The number of aryl methyl sites for hydroxylation is 2. The summed E-state index contributed by atoms with van der Waals surface area (Å²) in [6, 6.07) is 6.37. The van der Waals surface area contributed by atoms with Crippen LogP contribution >= 0.6 is 11.3 Å². The van der Waals surface area contributed by atoms with Gasteiger partial charge in [-0.25, -0.2) is 4.98 Å². The van der Waals surface area contributed by atoms with E-state index in [9.17, 15) is 14.4 Å². The van der Waals surface area contributed by atoms with Crippen molar-refractivity contribution in [3.05, 3.63) is 40.4 Å². The van der Waals surface area contributed by atoms with Crippen molar-refractivity contribution in [2.75, 3.05) is 5.32 Å². The van der Waals surface area contributed by atoms with Gasteiger partial charge in [-0.2, -0.15) is 0 Å². The third kappa shape index (κ3) is 13.6. The van der Waals surface area contributed by atoms with E-state index in [4.69, 9.17) is 9.47 Å². The fourth-order valence-corrected chi connectivity index (χ4v) is 11.5. The van der Waals surface area contributed by atoms with Crippen LogP contribution in [0.5, 0.6) is 5.75 Å². The molecule has 6 atom stereocenters. The van der Waals surface area contributed by atoms with Gasteiger partial charge in [0.15, 0.2) is 5.13 Å². The lowest BCUT2D eigenvalue weighted by atomic mass is 9.53. The first-order valence-electron chi connectivity index (χ1n) is 23.5. The van der Waals surface area contributed by atoms with Crippen molar-refractivity contribution in [3.63, 3.8) is 0 Å². The molecule has 2 fully saturated rings. The number of anilines is 1. The summed E-state index contributed by atoms with van der Waals surface area (Å²) >= 11 is 1.51. The Balaban J connectivity index is 1.16. The lowest BCUT2D eigenvalue weighted by molar-refractivity contribution is -0.157. The summed E-state index contributed by atoms with van der Waals surface area (Å²) in [7, 11) is 0. The molecule has 0 aliphatic heterocycles. The number of hydrogen-bond donors (Lipinski definition) is 1. The van der Waals surface area contributed by atoms with Gasteiger partial charge in [-0.15, -0.1) is 11.3 Å². The molecule has 2 aromatic rings. The molecule has 57 heavy (non-hydrogen) atoms. The van der Waals surface area contributed by atoms with Gasteiger partial charge in [0.1, 0.15) is 11.9 Å². The molecule has 2 saturated carbocycles. The highest BCUT2D eigenvalue weighted by molar-refractivity contribution is 7.15. The Morgan fingerprint density at radius 1 is 0.807 bits per heavy atom. The number of amides is 1. The molecule has 0 saturated heterocycles. The van der Waals surface area contributed by atoms with Gasteiger partial charge in [0.2, 0.25) is 5.91 Å². The molecule has 1 aromatic heterocycles. The lowest BCUT2D eigenvalue weighted by Crippen LogP contribution is -2.46. The fourth-order valence-electron chi connectivity index (χ4n) is 10.8. The van der Waals surface area contributed by atoms with Crippen molar-refractivity contribution < 1.29 is 23.9 Å². The van der Waals surface area contributed by atoms with Crippen molar-refractivity contribution in [3.8, 4) is 5.75 Å². The normalized spacial score (nSPS) is 23.7. The van der Waals surface area contributed by atoms with Crippen molar-refractivity contribution >= 4 is 34.3 Å². The van der Waals surface area contributed by atoms with Gasteiger partial charge in [-0.3, -0.25) is 14.4 Å². The van der Waals surface area contributed by atoms with E-state index >= 15 is 0 Å². The van der Waals surface area contributed by atoms with Crippen LogP contribution in [0.15, 0.2) is 24.4 Å². The molecular formula is C49H76N2O5S. The zero-order valence-electron chi connectivity index (χ0n) is 36.2. The number of nitrogens with zero attached hydrogens (tertiary/aromatic N) is 1. The molecule has 0 bridgehead atoms. The molecule has 1 aromatic carbocycles. The highest BCUT2D eigenvalue weighted by Crippen LogP contribution is 2.64. The first-order chi connectivity index (χ1) is 27.7. The van der Waals surface area contributed by atoms with E-state index in [1.807, 2.05) is 13.0 Å². The zero-order chi connectivity index (χ0) is 40.5. The second-order valence-electron chi connectivity index (χ2n) is 18.2. The number of ether oxygens (including phenoxy) is 2. The SMILES string of the molecule is CCCCCCCCCCCC(=O)Oc1ccc2c(c1)CCC1C2CCC2(C)C(OC(=O)CCCCCCCCCCC)CC(CCC(=O)Nc3ncc(C)s3)C12. The van der Waals surface area contributed by atoms with Crippen molar-refractivity contribution in [1.82, 2.24) is 4.98 Å². The monoisotopic (exact) mass is 805 g/mol. The molecule has 0 spiro atoms. The van der Waals surface area contributed by atoms with E-state index in [2.05, 4.69) is 43.2 Å². The van der Waals surface area contributed by atoms with Gasteiger partial charge in [0.05, 0.1) is 0 Å². The van der Waals surface area contributed by atoms with Gasteiger partial charge in [0, 0.05) is 35.8 Å². The Morgan fingerprint density at radius 3 is 2.04 bits per heavy atom. The third-order valence-electron chi connectivity index (χ3n) is 13.8. The maximum Gasteiger partial charge on any atom is 0.311 e. The summed E-state index contributed by atoms with van der Waals surface area (Å²) in [5.41, 5.74) is 2.60. The van der Waals surface area contributed by atoms with Gasteiger partial charge >= 0.3 is 11.9 Å². The number of thiazole rings is 1. The van der Waals surface area contributed by atoms with Gasteiger partial charge in [-0.1, -0.05) is 130 Å². The molecule has 1 heterocycles. The lowest BCUT2D eigenvalue weighted by Gasteiger charge is -2.51. The molecule has 318 valence electrons. The van der Waals surface area contributed by atoms with Crippen LogP contribution in [-0.4, -0.2) is 28.9 Å². The summed E-state index contributed by atoms with van der Waals surface area (Å²) in [6.07, 6.45) is 30.9. The third-order valence-corrected chi connectivity index (χ3v) is 14.7. The quantitative estimate of drug-likeness (QED) is 0.0578. The van der Waals surface area contributed by atoms with Gasteiger partial charge < -0.3 is 14.8 Å². The van der Waals surface area contributed by atoms with Crippen LogP contribution in [0.3, 0.4) is 0 Å². The maximum absolute atomic E-state index is 13.4. The first-order valence-corrected chi connectivity index (χ1v) is 24.3. The summed E-state index contributed by atoms with van der Waals surface area (Å²) in [5, 5.41) is 3.68. The molecule has 6 unspecified atom stereocenters. The number of hydrogen-bond acceptors (Lipinski definition) is 7. The largest absolute Gasteiger partial charge is 0.462 e. The summed E-state index contributed by atoms with van der Waals surface area (Å²) in [5.74, 6) is 2.08. The molecule has 1 amide bonds. The van der Waals surface area contributed by atoms with Gasteiger partial charge in [-0.05, 0) is 105 Å². The molecule has 3 aliphatic carbocycles. The summed E-state index contributed by atoms with van der Waals surface area (Å²) in [6.45, 7) is 8.89. The van der Waals surface area contributed by atoms with E-state index in [1.54, 1.807) is 6.20 Å². The number of nitrogens with one attached hydrogen (secondary N) is 1. The average Bonchev–Trinajstić information content (AvgIpc) is 3.73. The molecule has 3 aliphatic rings. The van der Waals surface area contributed by atoms with E-state index in [0.717, 1.165) is 69.1 Å². The maximum atomic E-state index is 13.4. The Morgan fingerprint density at radius 2 is 1.42 bits per heavy atom. The second kappa shape index (κ2) is 23.7. The minimum absolute atomic E-state index is 0.0121. The Hall–Kier alpha value is -2.74. The molecule has 7 nitrogen and oxygen atoms in total. The Kier molecular flexibility index (Phi) is 18.9. The molecule has 8 heteroatoms. The number of esters is 2. The van der Waals surface area contributed by atoms with Crippen molar-refractivity contribution in [1.29, 1.82) is 0 Å². The number of fused-ring (bicyclic) bond motifs is 5. The van der Waals surface area contributed by atoms with Crippen LogP contribution < -0.4 is 10.1 Å². The zero-order valence-corrected chi connectivity index (χ0v) is 37.0.